The number of carbonyl (C=O) groups excluding carboxylic acids is 1. The highest BCUT2D eigenvalue weighted by Gasteiger charge is 2.06. The molecule has 0 aliphatic rings. The van der Waals surface area contributed by atoms with E-state index >= 15 is 0 Å². The SMILES string of the molecule is CC(=O)c1ccc(O)c(CSc2cccc(Cl)c2)c1. The van der Waals surface area contributed by atoms with Crippen LogP contribution in [0.25, 0.3) is 0 Å². The molecule has 98 valence electrons. The summed E-state index contributed by atoms with van der Waals surface area (Å²) in [5.41, 5.74) is 1.36. The van der Waals surface area contributed by atoms with E-state index in [9.17, 15) is 9.90 Å². The Morgan fingerprint density at radius 2 is 2.05 bits per heavy atom. The molecule has 0 saturated carbocycles. The van der Waals surface area contributed by atoms with E-state index < -0.39 is 0 Å². The van der Waals surface area contributed by atoms with Gasteiger partial charge in [-0.25, -0.2) is 0 Å². The molecule has 1 N–H and O–H groups in total. The third kappa shape index (κ3) is 3.75. The number of phenols is 1. The van der Waals surface area contributed by atoms with Crippen LogP contribution in [0.2, 0.25) is 5.02 Å². The Hall–Kier alpha value is -1.45. The van der Waals surface area contributed by atoms with Crippen molar-refractivity contribution in [1.29, 1.82) is 0 Å². The van der Waals surface area contributed by atoms with Crippen LogP contribution in [0, 0.1) is 0 Å². The molecule has 4 heteroatoms. The van der Waals surface area contributed by atoms with Gasteiger partial charge in [-0.3, -0.25) is 4.79 Å². The number of hydrogen-bond donors (Lipinski definition) is 1. The Labute approximate surface area is 121 Å². The summed E-state index contributed by atoms with van der Waals surface area (Å²) in [6.07, 6.45) is 0. The van der Waals surface area contributed by atoms with Crippen LogP contribution in [0.15, 0.2) is 47.4 Å². The number of phenolic OH excluding ortho intramolecular Hbond substituents is 1. The highest BCUT2D eigenvalue weighted by Crippen LogP contribution is 2.29. The predicted molar refractivity (Wildman–Crippen MR) is 79.1 cm³/mol. The first-order chi connectivity index (χ1) is 9.06. The maximum absolute atomic E-state index is 11.3. The van der Waals surface area contributed by atoms with E-state index in [4.69, 9.17) is 11.6 Å². The second-order valence-corrected chi connectivity index (χ2v) is 5.63. The van der Waals surface area contributed by atoms with Crippen molar-refractivity contribution in [2.75, 3.05) is 0 Å². The molecule has 0 fully saturated rings. The first kappa shape index (κ1) is 14.0. The average Bonchev–Trinajstić information content (AvgIpc) is 2.37. The molecule has 0 bridgehead atoms. The third-order valence-electron chi connectivity index (χ3n) is 2.68. The predicted octanol–water partition coefficient (Wildman–Crippen LogP) is 4.54. The molecule has 2 rings (SSSR count). The number of Topliss-reactive ketones (excluding diaryl/α,β-unsaturated/α-hetero) is 1. The summed E-state index contributed by atoms with van der Waals surface area (Å²) in [6.45, 7) is 1.51. The zero-order valence-electron chi connectivity index (χ0n) is 10.4. The van der Waals surface area contributed by atoms with Crippen molar-refractivity contribution in [3.63, 3.8) is 0 Å². The molecule has 2 aromatic rings. The van der Waals surface area contributed by atoms with Gasteiger partial charge < -0.3 is 5.11 Å². The number of aromatic hydroxyl groups is 1. The van der Waals surface area contributed by atoms with Gasteiger partial charge in [0, 0.05) is 26.8 Å². The second-order valence-electron chi connectivity index (χ2n) is 4.15. The molecule has 0 radical (unpaired) electrons. The van der Waals surface area contributed by atoms with E-state index in [0.29, 0.717) is 16.3 Å². The van der Waals surface area contributed by atoms with Crippen molar-refractivity contribution >= 4 is 29.1 Å². The minimum absolute atomic E-state index is 0.00555. The van der Waals surface area contributed by atoms with Crippen LogP contribution in [0.3, 0.4) is 0 Å². The van der Waals surface area contributed by atoms with Gasteiger partial charge in [-0.1, -0.05) is 17.7 Å². The van der Waals surface area contributed by atoms with Gasteiger partial charge in [0.1, 0.15) is 5.75 Å². The summed E-state index contributed by atoms with van der Waals surface area (Å²) in [5.74, 6) is 0.793. The normalized spacial score (nSPS) is 10.4. The number of ketones is 1. The molecular formula is C15H13ClO2S. The van der Waals surface area contributed by atoms with E-state index in [2.05, 4.69) is 0 Å². The molecule has 0 spiro atoms. The van der Waals surface area contributed by atoms with Crippen molar-refractivity contribution in [2.45, 2.75) is 17.6 Å². The van der Waals surface area contributed by atoms with Gasteiger partial charge in [0.15, 0.2) is 5.78 Å². The van der Waals surface area contributed by atoms with E-state index in [1.165, 1.54) is 6.92 Å². The maximum Gasteiger partial charge on any atom is 0.159 e. The van der Waals surface area contributed by atoms with Gasteiger partial charge in [-0.05, 0) is 43.3 Å². The molecular weight excluding hydrogens is 280 g/mol. The highest BCUT2D eigenvalue weighted by atomic mass is 35.5. The van der Waals surface area contributed by atoms with E-state index in [1.807, 2.05) is 24.3 Å². The lowest BCUT2D eigenvalue weighted by Gasteiger charge is -2.06. The lowest BCUT2D eigenvalue weighted by molar-refractivity contribution is 0.101. The zero-order valence-corrected chi connectivity index (χ0v) is 12.0. The molecule has 0 aromatic heterocycles. The molecule has 19 heavy (non-hydrogen) atoms. The average molecular weight is 293 g/mol. The van der Waals surface area contributed by atoms with Gasteiger partial charge in [-0.2, -0.15) is 0 Å². The molecule has 0 saturated heterocycles. The zero-order chi connectivity index (χ0) is 13.8. The van der Waals surface area contributed by atoms with Gasteiger partial charge in [-0.15, -0.1) is 11.8 Å². The highest BCUT2D eigenvalue weighted by molar-refractivity contribution is 7.98. The summed E-state index contributed by atoms with van der Waals surface area (Å²) in [4.78, 5) is 12.3. The number of carbonyl (C=O) groups is 1. The summed E-state index contributed by atoms with van der Waals surface area (Å²) < 4.78 is 0. The summed E-state index contributed by atoms with van der Waals surface area (Å²) in [6, 6.07) is 12.5. The quantitative estimate of drug-likeness (QED) is 0.664. The monoisotopic (exact) mass is 292 g/mol. The van der Waals surface area contributed by atoms with Crippen LogP contribution in [0.5, 0.6) is 5.75 Å². The molecule has 0 aliphatic carbocycles. The number of thioether (sulfide) groups is 1. The number of hydrogen-bond acceptors (Lipinski definition) is 3. The van der Waals surface area contributed by atoms with E-state index in [1.54, 1.807) is 30.0 Å². The van der Waals surface area contributed by atoms with Crippen LogP contribution < -0.4 is 0 Å². The fraction of sp³-hybridized carbons (Fsp3) is 0.133. The molecule has 0 heterocycles. The Balaban J connectivity index is 2.15. The van der Waals surface area contributed by atoms with Crippen LogP contribution in [-0.4, -0.2) is 10.9 Å². The summed E-state index contributed by atoms with van der Waals surface area (Å²) in [5, 5.41) is 10.5. The molecule has 2 aromatic carbocycles. The smallest absolute Gasteiger partial charge is 0.159 e. The molecule has 0 unspecified atom stereocenters. The minimum Gasteiger partial charge on any atom is -0.508 e. The standard InChI is InChI=1S/C15H13ClO2S/c1-10(17)11-5-6-15(18)12(7-11)9-19-14-4-2-3-13(16)8-14/h2-8,18H,9H2,1H3. The Kier molecular flexibility index (Phi) is 4.51. The van der Waals surface area contributed by atoms with Crippen molar-refractivity contribution in [3.05, 3.63) is 58.6 Å². The van der Waals surface area contributed by atoms with Crippen molar-refractivity contribution < 1.29 is 9.90 Å². The summed E-state index contributed by atoms with van der Waals surface area (Å²) in [7, 11) is 0. The fourth-order valence-electron chi connectivity index (χ4n) is 1.64. The minimum atomic E-state index is -0.00555. The molecule has 0 aliphatic heterocycles. The van der Waals surface area contributed by atoms with Crippen molar-refractivity contribution in [1.82, 2.24) is 0 Å². The molecule has 2 nitrogen and oxygen atoms in total. The topological polar surface area (TPSA) is 37.3 Å². The van der Waals surface area contributed by atoms with E-state index in [-0.39, 0.29) is 11.5 Å². The first-order valence-electron chi connectivity index (χ1n) is 5.77. The largest absolute Gasteiger partial charge is 0.508 e. The van der Waals surface area contributed by atoms with Crippen molar-refractivity contribution in [2.24, 2.45) is 0 Å². The third-order valence-corrected chi connectivity index (χ3v) is 3.95. The van der Waals surface area contributed by atoms with E-state index in [0.717, 1.165) is 10.5 Å². The summed E-state index contributed by atoms with van der Waals surface area (Å²) >= 11 is 7.48. The molecule has 0 atom stereocenters. The van der Waals surface area contributed by atoms with Crippen molar-refractivity contribution in [3.8, 4) is 5.75 Å². The lowest BCUT2D eigenvalue weighted by atomic mass is 10.1. The molecule has 0 amide bonds. The number of rotatable bonds is 4. The van der Waals surface area contributed by atoms with Gasteiger partial charge in [0.25, 0.3) is 0 Å². The van der Waals surface area contributed by atoms with Crippen LogP contribution >= 0.6 is 23.4 Å². The van der Waals surface area contributed by atoms with Crippen LogP contribution in [-0.2, 0) is 5.75 Å². The number of benzene rings is 2. The Morgan fingerprint density at radius 3 is 2.74 bits per heavy atom. The van der Waals surface area contributed by atoms with Gasteiger partial charge in [0.2, 0.25) is 0 Å². The van der Waals surface area contributed by atoms with Crippen LogP contribution in [0.4, 0.5) is 0 Å². The van der Waals surface area contributed by atoms with Gasteiger partial charge >= 0.3 is 0 Å². The van der Waals surface area contributed by atoms with Crippen LogP contribution in [0.1, 0.15) is 22.8 Å². The Bertz CT molecular complexity index is 611. The maximum atomic E-state index is 11.3. The van der Waals surface area contributed by atoms with Gasteiger partial charge in [0.05, 0.1) is 0 Å². The number of halogens is 1. The lowest BCUT2D eigenvalue weighted by Crippen LogP contribution is -1.93. The second kappa shape index (κ2) is 6.13. The fourth-order valence-corrected chi connectivity index (χ4v) is 2.83. The Morgan fingerprint density at radius 1 is 1.26 bits per heavy atom. The first-order valence-corrected chi connectivity index (χ1v) is 7.14.